The van der Waals surface area contributed by atoms with Gasteiger partial charge in [0.1, 0.15) is 11.3 Å². The molecule has 4 heterocycles. The summed E-state index contributed by atoms with van der Waals surface area (Å²) >= 11 is 5.93. The van der Waals surface area contributed by atoms with Gasteiger partial charge in [0, 0.05) is 37.8 Å². The largest absolute Gasteiger partial charge is 0.351 e. The normalized spacial score (nSPS) is 24.4. The van der Waals surface area contributed by atoms with Crippen molar-refractivity contribution in [1.29, 1.82) is 0 Å². The molecule has 6 nitrogen and oxygen atoms in total. The van der Waals surface area contributed by atoms with Crippen LogP contribution in [0.25, 0.3) is 5.65 Å². The number of halogens is 1. The molecule has 0 unspecified atom stereocenters. The molecule has 21 heavy (non-hydrogen) atoms. The predicted molar refractivity (Wildman–Crippen MR) is 76.1 cm³/mol. The Bertz CT molecular complexity index is 741. The number of hydrogen-bond acceptors (Lipinski definition) is 3. The molecule has 1 N–H and O–H groups in total. The molecule has 7 heteroatoms. The highest BCUT2D eigenvalue weighted by atomic mass is 35.5. The van der Waals surface area contributed by atoms with E-state index < -0.39 is 0 Å². The van der Waals surface area contributed by atoms with E-state index in [1.54, 1.807) is 33.8 Å². The van der Waals surface area contributed by atoms with E-state index in [2.05, 4.69) is 10.3 Å². The van der Waals surface area contributed by atoms with Crippen molar-refractivity contribution in [2.75, 3.05) is 13.1 Å². The first kappa shape index (κ1) is 12.6. The number of hydrogen-bond donors (Lipinski definition) is 1. The molecular formula is C14H13ClN4O2. The van der Waals surface area contributed by atoms with Crippen LogP contribution in [0.1, 0.15) is 16.9 Å². The zero-order chi connectivity index (χ0) is 14.6. The van der Waals surface area contributed by atoms with Crippen molar-refractivity contribution in [1.82, 2.24) is 19.6 Å². The van der Waals surface area contributed by atoms with Crippen LogP contribution in [-0.4, -0.2) is 45.2 Å². The maximum Gasteiger partial charge on any atom is 0.274 e. The summed E-state index contributed by atoms with van der Waals surface area (Å²) in [5.74, 6) is 0.214. The number of carbonyl (C=O) groups is 2. The fraction of sp³-hybridized carbons (Fsp3) is 0.357. The van der Waals surface area contributed by atoms with E-state index in [1.807, 2.05) is 0 Å². The first-order valence-electron chi connectivity index (χ1n) is 6.83. The summed E-state index contributed by atoms with van der Waals surface area (Å²) in [5, 5.41) is 3.51. The number of aromatic nitrogens is 2. The molecular weight excluding hydrogens is 292 g/mol. The Morgan fingerprint density at radius 3 is 3.00 bits per heavy atom. The molecule has 0 saturated carbocycles. The summed E-state index contributed by atoms with van der Waals surface area (Å²) in [4.78, 5) is 29.9. The summed E-state index contributed by atoms with van der Waals surface area (Å²) in [7, 11) is 0. The molecule has 2 amide bonds. The third-order valence-electron chi connectivity index (χ3n) is 4.16. The predicted octanol–water partition coefficient (Wildman–Crippen LogP) is 0.948. The lowest BCUT2D eigenvalue weighted by Gasteiger charge is -2.15. The Morgan fingerprint density at radius 2 is 2.19 bits per heavy atom. The lowest BCUT2D eigenvalue weighted by molar-refractivity contribution is -0.119. The Kier molecular flexibility index (Phi) is 2.68. The van der Waals surface area contributed by atoms with Gasteiger partial charge in [0.2, 0.25) is 5.91 Å². The third kappa shape index (κ3) is 2.06. The summed E-state index contributed by atoms with van der Waals surface area (Å²) in [6.07, 6.45) is 3.92. The second-order valence-corrected chi connectivity index (χ2v) is 6.02. The van der Waals surface area contributed by atoms with Crippen molar-refractivity contribution in [3.63, 3.8) is 0 Å². The fourth-order valence-corrected chi connectivity index (χ4v) is 3.31. The van der Waals surface area contributed by atoms with Crippen LogP contribution in [0.3, 0.4) is 0 Å². The summed E-state index contributed by atoms with van der Waals surface area (Å²) in [6.45, 7) is 1.17. The van der Waals surface area contributed by atoms with E-state index >= 15 is 0 Å². The van der Waals surface area contributed by atoms with Gasteiger partial charge in [-0.15, -0.1) is 0 Å². The second kappa shape index (κ2) is 4.46. The quantitative estimate of drug-likeness (QED) is 0.853. The lowest BCUT2D eigenvalue weighted by Crippen LogP contribution is -2.35. The maximum absolute atomic E-state index is 12.5. The first-order valence-corrected chi connectivity index (χ1v) is 7.21. The van der Waals surface area contributed by atoms with Gasteiger partial charge in [-0.25, -0.2) is 4.98 Å². The second-order valence-electron chi connectivity index (χ2n) is 5.59. The Hall–Kier alpha value is -2.08. The molecule has 0 aromatic carbocycles. The van der Waals surface area contributed by atoms with Crippen molar-refractivity contribution in [3.8, 4) is 0 Å². The number of carbonyl (C=O) groups excluding carboxylic acids is 2. The monoisotopic (exact) mass is 304 g/mol. The number of likely N-dealkylation sites (tertiary alicyclic amines) is 1. The van der Waals surface area contributed by atoms with Crippen molar-refractivity contribution in [2.24, 2.45) is 5.92 Å². The average Bonchev–Trinajstić information content (AvgIpc) is 3.08. The Morgan fingerprint density at radius 1 is 1.33 bits per heavy atom. The van der Waals surface area contributed by atoms with Gasteiger partial charge in [-0.3, -0.25) is 9.59 Å². The maximum atomic E-state index is 12.5. The van der Waals surface area contributed by atoms with Gasteiger partial charge in [-0.2, -0.15) is 0 Å². The van der Waals surface area contributed by atoms with Gasteiger partial charge in [-0.05, 0) is 12.1 Å². The fourth-order valence-electron chi connectivity index (χ4n) is 3.14. The minimum atomic E-state index is -0.0986. The van der Waals surface area contributed by atoms with Crippen LogP contribution in [0.4, 0.5) is 0 Å². The molecule has 2 aliphatic heterocycles. The van der Waals surface area contributed by atoms with E-state index in [4.69, 9.17) is 11.6 Å². The number of pyridine rings is 1. The van der Waals surface area contributed by atoms with Crippen LogP contribution in [0.5, 0.6) is 0 Å². The molecule has 2 fully saturated rings. The van der Waals surface area contributed by atoms with Gasteiger partial charge in [-0.1, -0.05) is 11.6 Å². The van der Waals surface area contributed by atoms with Crippen LogP contribution < -0.4 is 5.32 Å². The van der Waals surface area contributed by atoms with E-state index in [-0.39, 0.29) is 23.8 Å². The zero-order valence-corrected chi connectivity index (χ0v) is 11.9. The van der Waals surface area contributed by atoms with E-state index in [1.165, 1.54) is 0 Å². The minimum absolute atomic E-state index is 0.0828. The number of fused-ring (bicyclic) bond motifs is 2. The van der Waals surface area contributed by atoms with Crippen molar-refractivity contribution in [3.05, 3.63) is 35.2 Å². The summed E-state index contributed by atoms with van der Waals surface area (Å²) in [5.41, 5.74) is 1.10. The van der Waals surface area contributed by atoms with Crippen LogP contribution in [-0.2, 0) is 4.79 Å². The van der Waals surface area contributed by atoms with Gasteiger partial charge in [0.05, 0.1) is 11.1 Å². The smallest absolute Gasteiger partial charge is 0.274 e. The number of imidazole rings is 1. The molecule has 2 aliphatic rings. The van der Waals surface area contributed by atoms with Crippen LogP contribution in [0.15, 0.2) is 24.5 Å². The van der Waals surface area contributed by atoms with E-state index in [0.29, 0.717) is 35.9 Å². The third-order valence-corrected chi connectivity index (χ3v) is 4.38. The summed E-state index contributed by atoms with van der Waals surface area (Å²) < 4.78 is 1.74. The molecule has 2 saturated heterocycles. The zero-order valence-electron chi connectivity index (χ0n) is 11.1. The van der Waals surface area contributed by atoms with Crippen molar-refractivity contribution >= 4 is 29.1 Å². The Balaban J connectivity index is 1.58. The van der Waals surface area contributed by atoms with E-state index in [0.717, 1.165) is 0 Å². The minimum Gasteiger partial charge on any atom is -0.351 e. The molecule has 108 valence electrons. The van der Waals surface area contributed by atoms with Crippen molar-refractivity contribution in [2.45, 2.75) is 12.5 Å². The number of nitrogens with zero attached hydrogens (tertiary/aromatic N) is 3. The van der Waals surface area contributed by atoms with E-state index in [9.17, 15) is 9.59 Å². The molecule has 0 aliphatic carbocycles. The highest BCUT2D eigenvalue weighted by Crippen LogP contribution is 2.26. The van der Waals surface area contributed by atoms with Crippen LogP contribution in [0.2, 0.25) is 5.02 Å². The van der Waals surface area contributed by atoms with Crippen molar-refractivity contribution < 1.29 is 9.59 Å². The standard InChI is InChI=1S/C14H13ClN4O2/c15-9-1-2-12-16-11(7-18(12)5-9)14(21)19-4-8-3-13(20)17-10(8)6-19/h1-2,5,7-8,10H,3-4,6H2,(H,17,20)/t8-,10+/m0/s1. The number of rotatable bonds is 1. The molecule has 2 aromatic rings. The Labute approximate surface area is 125 Å². The molecule has 2 aromatic heterocycles. The highest BCUT2D eigenvalue weighted by molar-refractivity contribution is 6.30. The molecule has 4 rings (SSSR count). The van der Waals surface area contributed by atoms with Gasteiger partial charge < -0.3 is 14.6 Å². The van der Waals surface area contributed by atoms with Crippen LogP contribution >= 0.6 is 11.6 Å². The number of amides is 2. The van der Waals surface area contributed by atoms with Crippen LogP contribution in [0, 0.1) is 5.92 Å². The topological polar surface area (TPSA) is 66.7 Å². The molecule has 0 radical (unpaired) electrons. The average molecular weight is 305 g/mol. The molecule has 0 bridgehead atoms. The van der Waals surface area contributed by atoms with Gasteiger partial charge >= 0.3 is 0 Å². The van der Waals surface area contributed by atoms with Gasteiger partial charge in [0.25, 0.3) is 5.91 Å². The summed E-state index contributed by atoms with van der Waals surface area (Å²) in [6, 6.07) is 3.61. The number of nitrogens with one attached hydrogen (secondary N) is 1. The highest BCUT2D eigenvalue weighted by Gasteiger charge is 2.42. The SMILES string of the molecule is O=C1C[C@H]2CN(C(=O)c3cn4cc(Cl)ccc4n3)C[C@H]2N1. The lowest BCUT2D eigenvalue weighted by atomic mass is 10.1. The first-order chi connectivity index (χ1) is 10.1. The molecule has 2 atom stereocenters. The van der Waals surface area contributed by atoms with Gasteiger partial charge in [0.15, 0.2) is 0 Å². The molecule has 0 spiro atoms.